The highest BCUT2D eigenvalue weighted by Crippen LogP contribution is 2.37. The van der Waals surface area contributed by atoms with Crippen LogP contribution in [-0.4, -0.2) is 36.8 Å². The van der Waals surface area contributed by atoms with Crippen LogP contribution in [0.25, 0.3) is 0 Å². The zero-order chi connectivity index (χ0) is 19.3. The molecule has 0 unspecified atom stereocenters. The lowest BCUT2D eigenvalue weighted by Gasteiger charge is -2.31. The number of methoxy groups -OCH3 is 2. The van der Waals surface area contributed by atoms with Gasteiger partial charge in [0, 0.05) is 12.8 Å². The zero-order valence-corrected chi connectivity index (χ0v) is 15.7. The zero-order valence-electron chi connectivity index (χ0n) is 15.7. The van der Waals surface area contributed by atoms with Crippen LogP contribution in [0.15, 0.2) is 40.6 Å². The maximum absolute atomic E-state index is 12.6. The van der Waals surface area contributed by atoms with Gasteiger partial charge in [0.2, 0.25) is 0 Å². The van der Waals surface area contributed by atoms with E-state index in [4.69, 9.17) is 4.74 Å². The van der Waals surface area contributed by atoms with Crippen molar-refractivity contribution in [2.24, 2.45) is 10.4 Å². The molecule has 0 amide bonds. The number of esters is 1. The van der Waals surface area contributed by atoms with Gasteiger partial charge in [-0.25, -0.2) is 0 Å². The second-order valence-corrected chi connectivity index (χ2v) is 7.10. The van der Waals surface area contributed by atoms with E-state index in [1.54, 1.807) is 31.4 Å². The van der Waals surface area contributed by atoms with E-state index in [2.05, 4.69) is 9.73 Å². The van der Waals surface area contributed by atoms with Crippen molar-refractivity contribution in [3.05, 3.63) is 35.6 Å². The molecule has 0 heterocycles. The molecule has 2 rings (SSSR count). The Morgan fingerprint density at radius 1 is 1.15 bits per heavy atom. The molecule has 1 aromatic rings. The first-order chi connectivity index (χ1) is 12.3. The van der Waals surface area contributed by atoms with Crippen LogP contribution in [0.2, 0.25) is 0 Å². The van der Waals surface area contributed by atoms with Gasteiger partial charge in [0.15, 0.2) is 5.78 Å². The second kappa shape index (κ2) is 8.17. The fourth-order valence-corrected chi connectivity index (χ4v) is 2.97. The van der Waals surface area contributed by atoms with E-state index in [1.807, 2.05) is 13.8 Å². The Morgan fingerprint density at radius 2 is 1.81 bits per heavy atom. The van der Waals surface area contributed by atoms with Gasteiger partial charge in [-0.05, 0) is 36.1 Å². The summed E-state index contributed by atoms with van der Waals surface area (Å²) in [5.74, 6) is 0.0131. The number of allylic oxidation sites excluding steroid dienone is 2. The van der Waals surface area contributed by atoms with Crippen molar-refractivity contribution in [3.8, 4) is 5.75 Å². The minimum Gasteiger partial charge on any atom is -0.511 e. The monoisotopic (exact) mass is 359 g/mol. The predicted molar refractivity (Wildman–Crippen MR) is 99.0 cm³/mol. The molecule has 1 N–H and O–H groups in total. The molecule has 0 spiro atoms. The summed E-state index contributed by atoms with van der Waals surface area (Å²) in [6, 6.07) is 7.16. The van der Waals surface area contributed by atoms with Crippen LogP contribution in [0.3, 0.4) is 0 Å². The van der Waals surface area contributed by atoms with E-state index in [1.165, 1.54) is 7.11 Å². The third kappa shape index (κ3) is 4.94. The molecule has 0 aliphatic heterocycles. The van der Waals surface area contributed by atoms with Crippen LogP contribution in [0, 0.1) is 5.41 Å². The van der Waals surface area contributed by atoms with Crippen molar-refractivity contribution in [1.82, 2.24) is 0 Å². The summed E-state index contributed by atoms with van der Waals surface area (Å²) in [4.78, 5) is 28.6. The molecule has 1 aliphatic carbocycles. The van der Waals surface area contributed by atoms with Gasteiger partial charge in [-0.3, -0.25) is 14.6 Å². The molecule has 0 atom stereocenters. The molecule has 0 aromatic heterocycles. The number of ether oxygens (including phenoxy) is 2. The lowest BCUT2D eigenvalue weighted by atomic mass is 9.73. The van der Waals surface area contributed by atoms with Crippen LogP contribution in [0.1, 0.15) is 39.5 Å². The fourth-order valence-electron chi connectivity index (χ4n) is 2.97. The van der Waals surface area contributed by atoms with E-state index in [-0.39, 0.29) is 35.4 Å². The van der Waals surface area contributed by atoms with E-state index in [0.29, 0.717) is 30.0 Å². The van der Waals surface area contributed by atoms with E-state index >= 15 is 0 Å². The van der Waals surface area contributed by atoms with E-state index in [9.17, 15) is 14.7 Å². The fraction of sp³-hybridized carbons (Fsp3) is 0.450. The third-order valence-electron chi connectivity index (χ3n) is 4.27. The lowest BCUT2D eigenvalue weighted by molar-refractivity contribution is -0.140. The number of rotatable bonds is 5. The topological polar surface area (TPSA) is 85.2 Å². The Balaban J connectivity index is 2.39. The molecule has 0 radical (unpaired) electrons. The SMILES string of the molecule is COC(=O)CCC(O)=C1C(=O)CC(C)(C)CC1=Nc1ccc(OC)cc1. The minimum absolute atomic E-state index is 0.0122. The van der Waals surface area contributed by atoms with Gasteiger partial charge in [-0.1, -0.05) is 13.8 Å². The Bertz CT molecular complexity index is 744. The summed E-state index contributed by atoms with van der Waals surface area (Å²) in [7, 11) is 2.88. The number of carbonyl (C=O) groups excluding carboxylic acids is 2. The molecule has 1 saturated carbocycles. The Morgan fingerprint density at radius 3 is 2.38 bits per heavy atom. The first-order valence-corrected chi connectivity index (χ1v) is 8.50. The number of hydrogen-bond acceptors (Lipinski definition) is 6. The molecule has 26 heavy (non-hydrogen) atoms. The Kier molecular flexibility index (Phi) is 6.18. The molecule has 6 nitrogen and oxygen atoms in total. The standard InChI is InChI=1S/C20H25NO5/c1-20(2)11-15(21-13-5-7-14(25-3)8-6-13)19(17(23)12-20)16(22)9-10-18(24)26-4/h5-8,22H,9-12H2,1-4H3. The summed E-state index contributed by atoms with van der Waals surface area (Å²) in [5, 5.41) is 10.4. The molecule has 1 aliphatic rings. The largest absolute Gasteiger partial charge is 0.511 e. The van der Waals surface area contributed by atoms with Gasteiger partial charge in [0.05, 0.1) is 37.6 Å². The average Bonchev–Trinajstić information content (AvgIpc) is 2.58. The number of aliphatic imine (C=N–C) groups is 1. The highest BCUT2D eigenvalue weighted by molar-refractivity contribution is 6.25. The summed E-state index contributed by atoms with van der Waals surface area (Å²) in [6.07, 6.45) is 0.947. The first-order valence-electron chi connectivity index (χ1n) is 8.50. The minimum atomic E-state index is -0.436. The number of nitrogens with zero attached hydrogens (tertiary/aromatic N) is 1. The molecule has 6 heteroatoms. The van der Waals surface area contributed by atoms with Crippen molar-refractivity contribution in [1.29, 1.82) is 0 Å². The maximum atomic E-state index is 12.6. The molecule has 0 saturated heterocycles. The van der Waals surface area contributed by atoms with E-state index < -0.39 is 5.97 Å². The van der Waals surface area contributed by atoms with Gasteiger partial charge in [0.25, 0.3) is 0 Å². The number of ketones is 1. The van der Waals surface area contributed by atoms with Gasteiger partial charge in [0.1, 0.15) is 11.5 Å². The summed E-state index contributed by atoms with van der Waals surface area (Å²) < 4.78 is 9.73. The van der Waals surface area contributed by atoms with Crippen molar-refractivity contribution >= 4 is 23.2 Å². The normalized spacial score (nSPS) is 20.0. The van der Waals surface area contributed by atoms with Gasteiger partial charge < -0.3 is 14.6 Å². The smallest absolute Gasteiger partial charge is 0.305 e. The van der Waals surface area contributed by atoms with Gasteiger partial charge in [-0.15, -0.1) is 0 Å². The van der Waals surface area contributed by atoms with Crippen LogP contribution < -0.4 is 4.74 Å². The van der Waals surface area contributed by atoms with Crippen LogP contribution in [0.4, 0.5) is 5.69 Å². The second-order valence-electron chi connectivity index (χ2n) is 7.10. The molecule has 0 bridgehead atoms. The number of aliphatic hydroxyl groups excluding tert-OH is 1. The summed E-state index contributed by atoms with van der Waals surface area (Å²) in [6.45, 7) is 3.99. The number of aliphatic hydroxyl groups is 1. The van der Waals surface area contributed by atoms with Crippen molar-refractivity contribution in [2.75, 3.05) is 14.2 Å². The number of Topliss-reactive ketones (excluding diaryl/α,β-unsaturated/α-hetero) is 1. The molecular formula is C20H25NO5. The molecular weight excluding hydrogens is 334 g/mol. The summed E-state index contributed by atoms with van der Waals surface area (Å²) >= 11 is 0. The lowest BCUT2D eigenvalue weighted by Crippen LogP contribution is -2.32. The highest BCUT2D eigenvalue weighted by atomic mass is 16.5. The number of hydrogen-bond donors (Lipinski definition) is 1. The highest BCUT2D eigenvalue weighted by Gasteiger charge is 2.36. The van der Waals surface area contributed by atoms with Crippen molar-refractivity contribution in [3.63, 3.8) is 0 Å². The van der Waals surface area contributed by atoms with Crippen LogP contribution in [-0.2, 0) is 14.3 Å². The maximum Gasteiger partial charge on any atom is 0.305 e. The quantitative estimate of drug-likeness (QED) is 0.489. The predicted octanol–water partition coefficient (Wildman–Crippen LogP) is 3.92. The van der Waals surface area contributed by atoms with Crippen molar-refractivity contribution < 1.29 is 24.2 Å². The summed E-state index contributed by atoms with van der Waals surface area (Å²) in [5.41, 5.74) is 1.20. The van der Waals surface area contributed by atoms with E-state index in [0.717, 1.165) is 0 Å². The number of carbonyl (C=O) groups is 2. The first kappa shape index (κ1) is 19.7. The molecule has 140 valence electrons. The Hall–Kier alpha value is -2.63. The van der Waals surface area contributed by atoms with Gasteiger partial charge in [-0.2, -0.15) is 0 Å². The molecule has 1 fully saturated rings. The Labute approximate surface area is 153 Å². The third-order valence-corrected chi connectivity index (χ3v) is 4.27. The molecule has 1 aromatic carbocycles. The number of benzene rings is 1. The van der Waals surface area contributed by atoms with Gasteiger partial charge >= 0.3 is 5.97 Å². The van der Waals surface area contributed by atoms with Crippen molar-refractivity contribution in [2.45, 2.75) is 39.5 Å². The van der Waals surface area contributed by atoms with Crippen LogP contribution >= 0.6 is 0 Å². The average molecular weight is 359 g/mol. The van der Waals surface area contributed by atoms with Crippen LogP contribution in [0.5, 0.6) is 5.75 Å².